The average Bonchev–Trinajstić information content (AvgIpc) is 3.34. The molecular weight excluding hydrogens is 841 g/mol. The van der Waals surface area contributed by atoms with E-state index in [4.69, 9.17) is 14.2 Å². The van der Waals surface area contributed by atoms with Crippen molar-refractivity contribution in [2.45, 2.75) is 239 Å². The molecular formula is C62H100O6. The van der Waals surface area contributed by atoms with Crippen molar-refractivity contribution in [1.82, 2.24) is 0 Å². The summed E-state index contributed by atoms with van der Waals surface area (Å²) in [5, 5.41) is 0. The molecule has 0 aliphatic rings. The van der Waals surface area contributed by atoms with Crippen molar-refractivity contribution in [3.8, 4) is 0 Å². The number of hydrogen-bond donors (Lipinski definition) is 0. The van der Waals surface area contributed by atoms with Gasteiger partial charge in [-0.05, 0) is 122 Å². The first kappa shape index (κ1) is 63.8. The van der Waals surface area contributed by atoms with E-state index in [9.17, 15) is 14.4 Å². The molecule has 0 spiro atoms. The van der Waals surface area contributed by atoms with Crippen LogP contribution in [-0.4, -0.2) is 37.2 Å². The molecule has 6 nitrogen and oxygen atoms in total. The van der Waals surface area contributed by atoms with E-state index in [1.54, 1.807) is 0 Å². The standard InChI is InChI=1S/C62H100O6/c1-4-7-10-13-16-19-22-25-28-30-31-32-35-37-40-43-46-49-52-55-61(64)67-58-59(57-66-60(63)54-51-48-45-42-39-36-33-27-24-21-18-15-12-9-6-3)68-62(65)56-53-50-47-44-41-38-34-29-26-23-20-17-14-11-8-5-2/h7,10,16,18-21,23,25,27-29,31-34,37,40,46,49,59H,4-6,8-9,11-15,17,22,24,26,30,35-36,38-39,41-45,47-48,50-58H2,1-3H3/b10-7-,19-16-,21-18-,23-20-,28-25-,32-31-,33-27-,34-29-,40-37-,49-46-. The number of ether oxygens (including phenoxy) is 3. The average molecular weight is 941 g/mol. The van der Waals surface area contributed by atoms with Crippen LogP contribution in [0.2, 0.25) is 0 Å². The van der Waals surface area contributed by atoms with Gasteiger partial charge in [-0.25, -0.2) is 0 Å². The van der Waals surface area contributed by atoms with Crippen molar-refractivity contribution in [3.63, 3.8) is 0 Å². The van der Waals surface area contributed by atoms with Gasteiger partial charge >= 0.3 is 17.9 Å². The summed E-state index contributed by atoms with van der Waals surface area (Å²) >= 11 is 0. The Kier molecular flexibility index (Phi) is 52.0. The van der Waals surface area contributed by atoms with Gasteiger partial charge in [-0.3, -0.25) is 14.4 Å². The number of esters is 3. The Hall–Kier alpha value is -4.19. The Labute approximate surface area is 418 Å². The van der Waals surface area contributed by atoms with Crippen molar-refractivity contribution in [3.05, 3.63) is 122 Å². The van der Waals surface area contributed by atoms with Crippen LogP contribution in [0, 0.1) is 0 Å². The van der Waals surface area contributed by atoms with Crippen LogP contribution in [-0.2, 0) is 28.6 Å². The molecule has 0 radical (unpaired) electrons. The molecule has 0 saturated heterocycles. The Morgan fingerprint density at radius 3 is 1.01 bits per heavy atom. The lowest BCUT2D eigenvalue weighted by Gasteiger charge is -2.18. The molecule has 0 aromatic heterocycles. The maximum Gasteiger partial charge on any atom is 0.306 e. The summed E-state index contributed by atoms with van der Waals surface area (Å²) in [5.74, 6) is -1.04. The van der Waals surface area contributed by atoms with Crippen molar-refractivity contribution in [2.24, 2.45) is 0 Å². The second-order valence-electron chi connectivity index (χ2n) is 17.7. The molecule has 0 aliphatic carbocycles. The third-order valence-electron chi connectivity index (χ3n) is 11.2. The highest BCUT2D eigenvalue weighted by Gasteiger charge is 2.19. The van der Waals surface area contributed by atoms with Crippen LogP contribution >= 0.6 is 0 Å². The molecule has 0 aromatic rings. The summed E-state index contributed by atoms with van der Waals surface area (Å²) in [7, 11) is 0. The van der Waals surface area contributed by atoms with E-state index in [0.717, 1.165) is 128 Å². The first-order valence-electron chi connectivity index (χ1n) is 27.5. The second-order valence-corrected chi connectivity index (χ2v) is 17.7. The Balaban J connectivity index is 4.57. The summed E-state index contributed by atoms with van der Waals surface area (Å²) in [6.07, 6.45) is 76.2. The molecule has 0 bridgehead atoms. The molecule has 1 unspecified atom stereocenters. The number of unbranched alkanes of at least 4 members (excludes halogenated alkanes) is 17. The van der Waals surface area contributed by atoms with Gasteiger partial charge in [0.1, 0.15) is 13.2 Å². The minimum Gasteiger partial charge on any atom is -0.462 e. The van der Waals surface area contributed by atoms with Crippen molar-refractivity contribution >= 4 is 17.9 Å². The fourth-order valence-electron chi connectivity index (χ4n) is 7.06. The van der Waals surface area contributed by atoms with Crippen molar-refractivity contribution < 1.29 is 28.6 Å². The minimum absolute atomic E-state index is 0.118. The van der Waals surface area contributed by atoms with Gasteiger partial charge in [-0.15, -0.1) is 0 Å². The van der Waals surface area contributed by atoms with Crippen LogP contribution in [0.4, 0.5) is 0 Å². The monoisotopic (exact) mass is 941 g/mol. The van der Waals surface area contributed by atoms with E-state index in [-0.39, 0.29) is 44.0 Å². The van der Waals surface area contributed by atoms with Gasteiger partial charge in [-0.2, -0.15) is 0 Å². The van der Waals surface area contributed by atoms with Crippen molar-refractivity contribution in [2.75, 3.05) is 13.2 Å². The normalized spacial score (nSPS) is 13.0. The summed E-state index contributed by atoms with van der Waals surface area (Å²) in [6, 6.07) is 0. The largest absolute Gasteiger partial charge is 0.462 e. The molecule has 0 rings (SSSR count). The van der Waals surface area contributed by atoms with Crippen LogP contribution in [0.5, 0.6) is 0 Å². The minimum atomic E-state index is -0.825. The summed E-state index contributed by atoms with van der Waals surface area (Å²) in [5.41, 5.74) is 0. The molecule has 1 atom stereocenters. The molecule has 0 amide bonds. The predicted octanol–water partition coefficient (Wildman–Crippen LogP) is 18.5. The molecule has 68 heavy (non-hydrogen) atoms. The van der Waals surface area contributed by atoms with Gasteiger partial charge in [0.05, 0.1) is 0 Å². The number of allylic oxidation sites excluding steroid dienone is 20. The summed E-state index contributed by atoms with van der Waals surface area (Å²) in [4.78, 5) is 38.1. The smallest absolute Gasteiger partial charge is 0.306 e. The molecule has 0 N–H and O–H groups in total. The van der Waals surface area contributed by atoms with Gasteiger partial charge in [0, 0.05) is 19.3 Å². The maximum atomic E-state index is 12.8. The SMILES string of the molecule is CC/C=C\C/C=C\C/C=C\C/C=C\C/C=C\C/C=C\CCC(=O)OCC(COC(=O)CCCCCCC/C=C\C/C=C\CCCCC)OC(=O)CCCCCCC/C=C\C/C=C\CCCCCC. The lowest BCUT2D eigenvalue weighted by molar-refractivity contribution is -0.166. The molecule has 0 aromatic carbocycles. The van der Waals surface area contributed by atoms with E-state index in [1.807, 2.05) is 12.2 Å². The zero-order valence-electron chi connectivity index (χ0n) is 43.8. The molecule has 0 aliphatic heterocycles. The zero-order valence-corrected chi connectivity index (χ0v) is 43.8. The Bertz CT molecular complexity index is 1450. The lowest BCUT2D eigenvalue weighted by Crippen LogP contribution is -2.30. The molecule has 0 fully saturated rings. The number of carbonyl (C=O) groups excluding carboxylic acids is 3. The third-order valence-corrected chi connectivity index (χ3v) is 11.2. The van der Waals surface area contributed by atoms with Gasteiger partial charge < -0.3 is 14.2 Å². The quantitative estimate of drug-likeness (QED) is 0.0262. The van der Waals surface area contributed by atoms with E-state index in [1.165, 1.54) is 57.8 Å². The van der Waals surface area contributed by atoms with Gasteiger partial charge in [0.2, 0.25) is 0 Å². The molecule has 0 heterocycles. The first-order chi connectivity index (χ1) is 33.5. The van der Waals surface area contributed by atoms with Crippen molar-refractivity contribution in [1.29, 1.82) is 0 Å². The highest BCUT2D eigenvalue weighted by molar-refractivity contribution is 5.71. The summed E-state index contributed by atoms with van der Waals surface area (Å²) < 4.78 is 16.7. The fourth-order valence-corrected chi connectivity index (χ4v) is 7.06. The molecule has 6 heteroatoms. The Morgan fingerprint density at radius 2 is 0.603 bits per heavy atom. The van der Waals surface area contributed by atoms with Crippen LogP contribution in [0.3, 0.4) is 0 Å². The Morgan fingerprint density at radius 1 is 0.309 bits per heavy atom. The molecule has 0 saturated carbocycles. The highest BCUT2D eigenvalue weighted by Crippen LogP contribution is 2.12. The van der Waals surface area contributed by atoms with E-state index >= 15 is 0 Å². The van der Waals surface area contributed by atoms with Gasteiger partial charge in [0.15, 0.2) is 6.10 Å². The van der Waals surface area contributed by atoms with Crippen LogP contribution < -0.4 is 0 Å². The van der Waals surface area contributed by atoms with Gasteiger partial charge in [0.25, 0.3) is 0 Å². The highest BCUT2D eigenvalue weighted by atomic mass is 16.6. The number of rotatable bonds is 48. The fraction of sp³-hybridized carbons (Fsp3) is 0.629. The first-order valence-corrected chi connectivity index (χ1v) is 27.5. The van der Waals surface area contributed by atoms with Crippen LogP contribution in [0.15, 0.2) is 122 Å². The predicted molar refractivity (Wildman–Crippen MR) is 293 cm³/mol. The number of hydrogen-bond acceptors (Lipinski definition) is 6. The number of carbonyl (C=O) groups is 3. The maximum absolute atomic E-state index is 12.8. The second kappa shape index (κ2) is 55.4. The molecule has 384 valence electrons. The summed E-state index contributed by atoms with van der Waals surface area (Å²) in [6.45, 7) is 6.38. The topological polar surface area (TPSA) is 78.9 Å². The van der Waals surface area contributed by atoms with E-state index in [2.05, 4.69) is 130 Å². The van der Waals surface area contributed by atoms with E-state index < -0.39 is 6.10 Å². The van der Waals surface area contributed by atoms with Gasteiger partial charge in [-0.1, -0.05) is 213 Å². The zero-order chi connectivity index (χ0) is 49.3. The van der Waals surface area contributed by atoms with Crippen LogP contribution in [0.25, 0.3) is 0 Å². The van der Waals surface area contributed by atoms with Crippen LogP contribution in [0.1, 0.15) is 233 Å². The van der Waals surface area contributed by atoms with E-state index in [0.29, 0.717) is 12.8 Å². The third kappa shape index (κ3) is 52.8. The lowest BCUT2D eigenvalue weighted by atomic mass is 10.1.